The Labute approximate surface area is 104 Å². The van der Waals surface area contributed by atoms with E-state index >= 15 is 0 Å². The van der Waals surface area contributed by atoms with Gasteiger partial charge < -0.3 is 4.74 Å². The van der Waals surface area contributed by atoms with Gasteiger partial charge in [-0.25, -0.2) is 10.8 Å². The number of ether oxygens (including phenoxy) is 1. The van der Waals surface area contributed by atoms with Crippen molar-refractivity contribution in [2.24, 2.45) is 5.84 Å². The fourth-order valence-corrected chi connectivity index (χ4v) is 1.41. The van der Waals surface area contributed by atoms with Crippen LogP contribution in [0.5, 0.6) is 11.6 Å². The van der Waals surface area contributed by atoms with Crippen molar-refractivity contribution >= 4 is 17.5 Å². The van der Waals surface area contributed by atoms with Gasteiger partial charge in [0, 0.05) is 0 Å². The van der Waals surface area contributed by atoms with Gasteiger partial charge in [-0.3, -0.25) is 5.43 Å². The van der Waals surface area contributed by atoms with Gasteiger partial charge in [0.25, 0.3) is 0 Å². The molecule has 0 fully saturated rings. The summed E-state index contributed by atoms with van der Waals surface area (Å²) >= 11 is 5.92. The molecule has 17 heavy (non-hydrogen) atoms. The zero-order valence-corrected chi connectivity index (χ0v) is 9.90. The van der Waals surface area contributed by atoms with Gasteiger partial charge in [0.2, 0.25) is 11.8 Å². The van der Waals surface area contributed by atoms with Gasteiger partial charge in [0.05, 0.1) is 6.20 Å². The highest BCUT2D eigenvalue weighted by atomic mass is 35.5. The van der Waals surface area contributed by atoms with Gasteiger partial charge in [-0.1, -0.05) is 23.7 Å². The minimum Gasteiger partial charge on any atom is -0.437 e. The number of rotatable bonds is 3. The van der Waals surface area contributed by atoms with Crippen molar-refractivity contribution in [2.45, 2.75) is 6.92 Å². The number of benzene rings is 1. The summed E-state index contributed by atoms with van der Waals surface area (Å²) in [5.74, 6) is 6.38. The van der Waals surface area contributed by atoms with E-state index in [1.165, 1.54) is 6.20 Å². The summed E-state index contributed by atoms with van der Waals surface area (Å²) in [5.41, 5.74) is 3.42. The lowest BCUT2D eigenvalue weighted by atomic mass is 10.2. The first-order valence-corrected chi connectivity index (χ1v) is 5.30. The molecule has 0 radical (unpaired) electrons. The molecule has 0 unspecified atom stereocenters. The highest BCUT2D eigenvalue weighted by Crippen LogP contribution is 2.27. The second-order valence-corrected chi connectivity index (χ2v) is 3.82. The van der Waals surface area contributed by atoms with Crippen LogP contribution in [-0.2, 0) is 0 Å². The summed E-state index contributed by atoms with van der Waals surface area (Å²) in [5, 5.41) is 0.325. The van der Waals surface area contributed by atoms with Gasteiger partial charge in [0.15, 0.2) is 0 Å². The first-order chi connectivity index (χ1) is 8.19. The molecule has 0 aliphatic rings. The van der Waals surface area contributed by atoms with E-state index in [9.17, 15) is 0 Å². The molecule has 3 N–H and O–H groups in total. The number of aromatic nitrogens is 2. The van der Waals surface area contributed by atoms with E-state index in [0.29, 0.717) is 10.8 Å². The van der Waals surface area contributed by atoms with Crippen LogP contribution in [0.2, 0.25) is 5.02 Å². The molecular weight excluding hydrogens is 240 g/mol. The molecule has 6 heteroatoms. The van der Waals surface area contributed by atoms with Crippen LogP contribution in [0, 0.1) is 6.92 Å². The fourth-order valence-electron chi connectivity index (χ4n) is 1.28. The van der Waals surface area contributed by atoms with Crippen LogP contribution < -0.4 is 16.0 Å². The molecule has 0 amide bonds. The molecule has 1 aromatic heterocycles. The van der Waals surface area contributed by atoms with Gasteiger partial charge in [-0.05, 0) is 24.6 Å². The molecule has 1 aromatic carbocycles. The summed E-state index contributed by atoms with van der Waals surface area (Å²) in [6.45, 7) is 1.97. The van der Waals surface area contributed by atoms with Gasteiger partial charge in [-0.15, -0.1) is 0 Å². The smallest absolute Gasteiger partial charge is 0.243 e. The van der Waals surface area contributed by atoms with E-state index in [0.717, 1.165) is 5.56 Å². The maximum absolute atomic E-state index is 5.92. The quantitative estimate of drug-likeness (QED) is 0.647. The molecule has 0 saturated carbocycles. The van der Waals surface area contributed by atoms with Crippen molar-refractivity contribution in [1.82, 2.24) is 9.97 Å². The van der Waals surface area contributed by atoms with Gasteiger partial charge >= 0.3 is 0 Å². The van der Waals surface area contributed by atoms with Crippen LogP contribution in [0.15, 0.2) is 30.5 Å². The number of nitrogens with two attached hydrogens (primary N) is 1. The Bertz CT molecular complexity index is 533. The Morgan fingerprint density at radius 2 is 2.24 bits per heavy atom. The molecule has 0 atom stereocenters. The molecule has 0 aliphatic heterocycles. The van der Waals surface area contributed by atoms with E-state index in [1.54, 1.807) is 0 Å². The van der Waals surface area contributed by atoms with Crippen molar-refractivity contribution in [3.63, 3.8) is 0 Å². The number of nitrogens with one attached hydrogen (secondary N) is 1. The minimum absolute atomic E-state index is 0.247. The SMILES string of the molecule is Cc1cccc(Oc2nc(NN)ncc2Cl)c1. The Kier molecular flexibility index (Phi) is 3.41. The summed E-state index contributed by atoms with van der Waals surface area (Å²) in [6.07, 6.45) is 1.43. The third-order valence-corrected chi connectivity index (χ3v) is 2.30. The van der Waals surface area contributed by atoms with E-state index in [2.05, 4.69) is 15.4 Å². The minimum atomic E-state index is 0.247. The highest BCUT2D eigenvalue weighted by molar-refractivity contribution is 6.31. The molecule has 88 valence electrons. The lowest BCUT2D eigenvalue weighted by Gasteiger charge is -2.07. The van der Waals surface area contributed by atoms with E-state index in [4.69, 9.17) is 22.2 Å². The van der Waals surface area contributed by atoms with Gasteiger partial charge in [-0.2, -0.15) is 4.98 Å². The fraction of sp³-hybridized carbons (Fsp3) is 0.0909. The van der Waals surface area contributed by atoms with Crippen LogP contribution in [0.3, 0.4) is 0 Å². The third kappa shape index (κ3) is 2.83. The Morgan fingerprint density at radius 1 is 1.41 bits per heavy atom. The molecule has 5 nitrogen and oxygen atoms in total. The lowest BCUT2D eigenvalue weighted by molar-refractivity contribution is 0.462. The highest BCUT2D eigenvalue weighted by Gasteiger charge is 2.07. The van der Waals surface area contributed by atoms with Crippen molar-refractivity contribution in [2.75, 3.05) is 5.43 Å². The monoisotopic (exact) mass is 250 g/mol. The van der Waals surface area contributed by atoms with E-state index in [1.807, 2.05) is 31.2 Å². The van der Waals surface area contributed by atoms with Crippen molar-refractivity contribution in [1.29, 1.82) is 0 Å². The normalized spacial score (nSPS) is 10.1. The van der Waals surface area contributed by atoms with Crippen molar-refractivity contribution in [3.05, 3.63) is 41.0 Å². The standard InChI is InChI=1S/C11H11ClN4O/c1-7-3-2-4-8(5-7)17-10-9(12)6-14-11(15-10)16-13/h2-6H,13H2,1H3,(H,14,15,16). The first-order valence-electron chi connectivity index (χ1n) is 4.92. The van der Waals surface area contributed by atoms with Crippen LogP contribution in [0.1, 0.15) is 5.56 Å². The summed E-state index contributed by atoms with van der Waals surface area (Å²) in [4.78, 5) is 7.87. The third-order valence-electron chi connectivity index (χ3n) is 2.05. The predicted octanol–water partition coefficient (Wildman–Crippen LogP) is 2.52. The summed E-state index contributed by atoms with van der Waals surface area (Å²) in [7, 11) is 0. The van der Waals surface area contributed by atoms with Crippen molar-refractivity contribution in [3.8, 4) is 11.6 Å². The second-order valence-electron chi connectivity index (χ2n) is 3.41. The zero-order chi connectivity index (χ0) is 12.3. The second kappa shape index (κ2) is 4.99. The number of hydrazine groups is 1. The number of nitrogen functional groups attached to an aromatic ring is 1. The number of aryl methyl sites for hydroxylation is 1. The lowest BCUT2D eigenvalue weighted by Crippen LogP contribution is -2.10. The van der Waals surface area contributed by atoms with Crippen LogP contribution in [0.25, 0.3) is 0 Å². The van der Waals surface area contributed by atoms with E-state index in [-0.39, 0.29) is 11.8 Å². The number of hydrogen-bond acceptors (Lipinski definition) is 5. The van der Waals surface area contributed by atoms with Crippen LogP contribution >= 0.6 is 11.6 Å². The van der Waals surface area contributed by atoms with Gasteiger partial charge in [0.1, 0.15) is 10.8 Å². The van der Waals surface area contributed by atoms with Crippen LogP contribution in [0.4, 0.5) is 5.95 Å². The largest absolute Gasteiger partial charge is 0.437 e. The molecule has 0 saturated heterocycles. The maximum atomic E-state index is 5.92. The molecule has 2 aromatic rings. The Balaban J connectivity index is 2.29. The van der Waals surface area contributed by atoms with E-state index < -0.39 is 0 Å². The average Bonchev–Trinajstić information content (AvgIpc) is 2.32. The molecule has 1 heterocycles. The number of halogens is 1. The average molecular weight is 251 g/mol. The molecule has 0 aliphatic carbocycles. The molecule has 0 bridgehead atoms. The number of hydrogen-bond donors (Lipinski definition) is 2. The molecular formula is C11H11ClN4O. The Morgan fingerprint density at radius 3 is 2.94 bits per heavy atom. The van der Waals surface area contributed by atoms with Crippen molar-refractivity contribution < 1.29 is 4.74 Å². The topological polar surface area (TPSA) is 73.1 Å². The summed E-state index contributed by atoms with van der Waals surface area (Å²) in [6, 6.07) is 7.57. The number of nitrogens with zero attached hydrogens (tertiary/aromatic N) is 2. The first kappa shape index (κ1) is 11.6. The van der Waals surface area contributed by atoms with Crippen LogP contribution in [-0.4, -0.2) is 9.97 Å². The predicted molar refractivity (Wildman–Crippen MR) is 66.1 cm³/mol. The maximum Gasteiger partial charge on any atom is 0.243 e. The summed E-state index contributed by atoms with van der Waals surface area (Å²) < 4.78 is 5.55. The molecule has 0 spiro atoms. The number of anilines is 1. The zero-order valence-electron chi connectivity index (χ0n) is 9.14. The Hall–Kier alpha value is -1.85. The molecule has 2 rings (SSSR count).